The Morgan fingerprint density at radius 1 is 0.962 bits per heavy atom. The van der Waals surface area contributed by atoms with Gasteiger partial charge < -0.3 is 9.47 Å². The highest BCUT2D eigenvalue weighted by Gasteiger charge is 2.07. The number of hydrogen-bond acceptors (Lipinski definition) is 4. The lowest BCUT2D eigenvalue weighted by atomic mass is 10.1. The largest absolute Gasteiger partial charge is 0.497 e. The minimum Gasteiger partial charge on any atom is -0.497 e. The molecule has 0 unspecified atom stereocenters. The fourth-order valence-corrected chi connectivity index (χ4v) is 2.29. The lowest BCUT2D eigenvalue weighted by Gasteiger charge is -2.11. The summed E-state index contributed by atoms with van der Waals surface area (Å²) in [6, 6.07) is 13.3. The van der Waals surface area contributed by atoms with Gasteiger partial charge in [0.1, 0.15) is 11.5 Å². The van der Waals surface area contributed by atoms with Gasteiger partial charge in [0.2, 0.25) is 5.91 Å². The molecule has 0 fully saturated rings. The van der Waals surface area contributed by atoms with Crippen LogP contribution >= 0.6 is 0 Å². The molecule has 0 bridgehead atoms. The van der Waals surface area contributed by atoms with Crippen LogP contribution in [-0.4, -0.2) is 25.5 Å². The molecule has 6 nitrogen and oxygen atoms in total. The predicted octanol–water partition coefficient (Wildman–Crippen LogP) is 2.47. The highest BCUT2D eigenvalue weighted by molar-refractivity contribution is 5.82. The summed E-state index contributed by atoms with van der Waals surface area (Å²) in [7, 11) is 1.61. The smallest absolute Gasteiger partial charge is 0.276 e. The van der Waals surface area contributed by atoms with Crippen LogP contribution < -0.4 is 20.3 Å². The van der Waals surface area contributed by atoms with Gasteiger partial charge in [-0.1, -0.05) is 24.3 Å². The third-order valence-corrected chi connectivity index (χ3v) is 3.84. The predicted molar refractivity (Wildman–Crippen MR) is 99.0 cm³/mol. The Bertz CT molecular complexity index is 757. The Morgan fingerprint density at radius 2 is 1.65 bits per heavy atom. The van der Waals surface area contributed by atoms with Crippen LogP contribution in [-0.2, 0) is 16.0 Å². The van der Waals surface area contributed by atoms with Crippen molar-refractivity contribution in [1.82, 2.24) is 10.9 Å². The maximum absolute atomic E-state index is 11.8. The number of nitrogens with one attached hydrogen (secondary N) is 2. The number of rotatable bonds is 7. The van der Waals surface area contributed by atoms with Crippen molar-refractivity contribution in [3.63, 3.8) is 0 Å². The molecule has 0 saturated heterocycles. The lowest BCUT2D eigenvalue weighted by Crippen LogP contribution is -2.43. The van der Waals surface area contributed by atoms with Crippen LogP contribution in [0, 0.1) is 13.8 Å². The number of benzene rings is 2. The van der Waals surface area contributed by atoms with Crippen molar-refractivity contribution < 1.29 is 19.1 Å². The first-order valence-corrected chi connectivity index (χ1v) is 8.38. The molecule has 0 heterocycles. The van der Waals surface area contributed by atoms with Crippen LogP contribution in [0.1, 0.15) is 23.1 Å². The van der Waals surface area contributed by atoms with Crippen LogP contribution in [0.15, 0.2) is 42.5 Å². The van der Waals surface area contributed by atoms with Crippen molar-refractivity contribution >= 4 is 11.8 Å². The Kier molecular flexibility index (Phi) is 7.02. The van der Waals surface area contributed by atoms with E-state index in [1.807, 2.05) is 56.3 Å². The molecular weight excluding hydrogens is 332 g/mol. The van der Waals surface area contributed by atoms with E-state index in [0.717, 1.165) is 22.4 Å². The van der Waals surface area contributed by atoms with Crippen molar-refractivity contribution in [3.05, 3.63) is 59.2 Å². The van der Waals surface area contributed by atoms with Gasteiger partial charge in [0.25, 0.3) is 5.91 Å². The molecule has 0 aliphatic carbocycles. The van der Waals surface area contributed by atoms with Crippen LogP contribution in [0.25, 0.3) is 0 Å². The minimum absolute atomic E-state index is 0.164. The van der Waals surface area contributed by atoms with E-state index in [4.69, 9.17) is 9.47 Å². The molecule has 2 rings (SSSR count). The van der Waals surface area contributed by atoms with E-state index >= 15 is 0 Å². The molecule has 2 amide bonds. The second kappa shape index (κ2) is 9.46. The van der Waals surface area contributed by atoms with E-state index in [1.165, 1.54) is 0 Å². The van der Waals surface area contributed by atoms with Crippen LogP contribution in [0.2, 0.25) is 0 Å². The lowest BCUT2D eigenvalue weighted by molar-refractivity contribution is -0.130. The first-order valence-electron chi connectivity index (χ1n) is 8.38. The van der Waals surface area contributed by atoms with Gasteiger partial charge in [0, 0.05) is 6.42 Å². The Morgan fingerprint density at radius 3 is 2.35 bits per heavy atom. The van der Waals surface area contributed by atoms with Gasteiger partial charge in [-0.2, -0.15) is 0 Å². The van der Waals surface area contributed by atoms with Gasteiger partial charge in [-0.3, -0.25) is 20.4 Å². The number of carbonyl (C=O) groups is 2. The number of carbonyl (C=O) groups excluding carboxylic acids is 2. The van der Waals surface area contributed by atoms with Crippen LogP contribution in [0.4, 0.5) is 0 Å². The van der Waals surface area contributed by atoms with Gasteiger partial charge >= 0.3 is 0 Å². The maximum Gasteiger partial charge on any atom is 0.276 e. The molecule has 138 valence electrons. The molecule has 2 N–H and O–H groups in total. The first-order chi connectivity index (χ1) is 12.5. The summed E-state index contributed by atoms with van der Waals surface area (Å²) in [5.74, 6) is 0.755. The zero-order valence-corrected chi connectivity index (χ0v) is 15.3. The van der Waals surface area contributed by atoms with Crippen molar-refractivity contribution in [2.24, 2.45) is 0 Å². The summed E-state index contributed by atoms with van der Waals surface area (Å²) < 4.78 is 10.6. The van der Waals surface area contributed by atoms with Gasteiger partial charge in [-0.15, -0.1) is 0 Å². The molecule has 0 radical (unpaired) electrons. The third kappa shape index (κ3) is 6.12. The standard InChI is InChI=1S/C20H24N2O4/c1-14-4-5-15(2)18(12-14)26-13-20(24)22-21-19(23)11-8-16-6-9-17(25-3)10-7-16/h4-7,9-10,12H,8,11,13H2,1-3H3,(H,21,23)(H,22,24). The molecule has 26 heavy (non-hydrogen) atoms. The molecule has 2 aromatic rings. The van der Waals surface area contributed by atoms with E-state index < -0.39 is 5.91 Å². The third-order valence-electron chi connectivity index (χ3n) is 3.84. The van der Waals surface area contributed by atoms with E-state index in [2.05, 4.69) is 10.9 Å². The fourth-order valence-electron chi connectivity index (χ4n) is 2.29. The average molecular weight is 356 g/mol. The van der Waals surface area contributed by atoms with Crippen molar-refractivity contribution in [2.75, 3.05) is 13.7 Å². The Hall–Kier alpha value is -3.02. The normalized spacial score (nSPS) is 10.1. The summed E-state index contributed by atoms with van der Waals surface area (Å²) >= 11 is 0. The van der Waals surface area contributed by atoms with Crippen molar-refractivity contribution in [1.29, 1.82) is 0 Å². The Labute approximate surface area is 153 Å². The number of aryl methyl sites for hydroxylation is 3. The van der Waals surface area contributed by atoms with E-state index in [0.29, 0.717) is 12.2 Å². The summed E-state index contributed by atoms with van der Waals surface area (Å²) in [5.41, 5.74) is 7.78. The average Bonchev–Trinajstić information content (AvgIpc) is 2.65. The molecule has 0 atom stereocenters. The molecule has 0 aliphatic heterocycles. The Balaban J connectivity index is 1.69. The zero-order chi connectivity index (χ0) is 18.9. The highest BCUT2D eigenvalue weighted by Crippen LogP contribution is 2.18. The van der Waals surface area contributed by atoms with Crippen LogP contribution in [0.3, 0.4) is 0 Å². The molecule has 0 saturated carbocycles. The van der Waals surface area contributed by atoms with Crippen molar-refractivity contribution in [2.45, 2.75) is 26.7 Å². The molecule has 0 aliphatic rings. The molecule has 0 aromatic heterocycles. The van der Waals surface area contributed by atoms with Gasteiger partial charge in [-0.25, -0.2) is 0 Å². The van der Waals surface area contributed by atoms with E-state index in [-0.39, 0.29) is 18.9 Å². The number of ether oxygens (including phenoxy) is 2. The summed E-state index contributed by atoms with van der Waals surface area (Å²) in [5, 5.41) is 0. The summed E-state index contributed by atoms with van der Waals surface area (Å²) in [6.45, 7) is 3.70. The van der Waals surface area contributed by atoms with Gasteiger partial charge in [0.15, 0.2) is 6.61 Å². The molecule has 2 aromatic carbocycles. The quantitative estimate of drug-likeness (QED) is 0.747. The van der Waals surface area contributed by atoms with Crippen LogP contribution in [0.5, 0.6) is 11.5 Å². The number of hydrazine groups is 1. The van der Waals surface area contributed by atoms with Gasteiger partial charge in [-0.05, 0) is 55.2 Å². The fraction of sp³-hybridized carbons (Fsp3) is 0.300. The second-order valence-electron chi connectivity index (χ2n) is 6.00. The topological polar surface area (TPSA) is 76.7 Å². The number of hydrogen-bond donors (Lipinski definition) is 2. The summed E-state index contributed by atoms with van der Waals surface area (Å²) in [6.07, 6.45) is 0.842. The van der Waals surface area contributed by atoms with E-state index in [1.54, 1.807) is 7.11 Å². The zero-order valence-electron chi connectivity index (χ0n) is 15.3. The van der Waals surface area contributed by atoms with Gasteiger partial charge in [0.05, 0.1) is 7.11 Å². The maximum atomic E-state index is 11.8. The van der Waals surface area contributed by atoms with Crippen molar-refractivity contribution in [3.8, 4) is 11.5 Å². The number of methoxy groups -OCH3 is 1. The monoisotopic (exact) mass is 356 g/mol. The highest BCUT2D eigenvalue weighted by atomic mass is 16.5. The minimum atomic E-state index is -0.413. The molecular formula is C20H24N2O4. The first kappa shape index (κ1) is 19.3. The van der Waals surface area contributed by atoms with E-state index in [9.17, 15) is 9.59 Å². The molecule has 6 heteroatoms. The summed E-state index contributed by atoms with van der Waals surface area (Å²) in [4.78, 5) is 23.6. The second-order valence-corrected chi connectivity index (χ2v) is 6.00. The number of amides is 2. The molecule has 0 spiro atoms. The SMILES string of the molecule is COc1ccc(CCC(=O)NNC(=O)COc2cc(C)ccc2C)cc1.